The van der Waals surface area contributed by atoms with Crippen molar-refractivity contribution in [1.82, 2.24) is 0 Å². The van der Waals surface area contributed by atoms with Crippen molar-refractivity contribution >= 4 is 23.2 Å². The predicted octanol–water partition coefficient (Wildman–Crippen LogP) is 4.39. The van der Waals surface area contributed by atoms with Crippen LogP contribution in [-0.2, 0) is 19.5 Å². The second kappa shape index (κ2) is 8.53. The summed E-state index contributed by atoms with van der Waals surface area (Å²) in [5.41, 5.74) is 0. The smallest absolute Gasteiger partial charge is 0.0620 e. The largest absolute Gasteiger partial charge is 0.112 e. The van der Waals surface area contributed by atoms with E-state index in [9.17, 15) is 0 Å². The van der Waals surface area contributed by atoms with Gasteiger partial charge in [-0.3, -0.25) is 0 Å². The van der Waals surface area contributed by atoms with Crippen molar-refractivity contribution in [3.05, 3.63) is 91.0 Å². The van der Waals surface area contributed by atoms with Gasteiger partial charge in [-0.05, 0) is 42.8 Å². The standard InChI is InChI=1S/C21H22P.Rh/c1-2-18-22(19-12-6-3-7-13-19,20-14-8-4-9-15-20)21-16-10-5-11-17-21;/h3-17H,2,18H2,1H3;/q+1;. The van der Waals surface area contributed by atoms with Crippen LogP contribution in [0.5, 0.6) is 0 Å². The van der Waals surface area contributed by atoms with Gasteiger partial charge >= 0.3 is 0 Å². The third-order valence-electron chi connectivity index (χ3n) is 4.15. The summed E-state index contributed by atoms with van der Waals surface area (Å²) in [6, 6.07) is 33.2. The molecule has 23 heavy (non-hydrogen) atoms. The van der Waals surface area contributed by atoms with Crippen LogP contribution in [0.25, 0.3) is 0 Å². The second-order valence-electron chi connectivity index (χ2n) is 5.54. The Balaban J connectivity index is 0.00000192. The zero-order valence-electron chi connectivity index (χ0n) is 13.4. The van der Waals surface area contributed by atoms with Crippen molar-refractivity contribution in [2.24, 2.45) is 0 Å². The second-order valence-corrected chi connectivity index (χ2v) is 9.16. The zero-order chi connectivity index (χ0) is 15.3. The van der Waals surface area contributed by atoms with Crippen LogP contribution in [0.1, 0.15) is 13.3 Å². The average molecular weight is 408 g/mol. The van der Waals surface area contributed by atoms with Crippen LogP contribution in [0.2, 0.25) is 0 Å². The Bertz CT molecular complexity index is 599. The Hall–Kier alpha value is -1.29. The molecule has 3 aromatic carbocycles. The van der Waals surface area contributed by atoms with E-state index in [0.717, 1.165) is 0 Å². The van der Waals surface area contributed by atoms with Gasteiger partial charge in [0.1, 0.15) is 23.2 Å². The van der Waals surface area contributed by atoms with Crippen LogP contribution in [-0.4, -0.2) is 6.16 Å². The third-order valence-corrected chi connectivity index (χ3v) is 8.81. The van der Waals surface area contributed by atoms with Crippen LogP contribution in [0.15, 0.2) is 91.0 Å². The molecule has 0 heterocycles. The molecule has 0 atom stereocenters. The molecule has 0 nitrogen and oxygen atoms in total. The molecule has 3 aromatic rings. The van der Waals surface area contributed by atoms with Crippen LogP contribution in [0.3, 0.4) is 0 Å². The third kappa shape index (κ3) is 3.63. The SMILES string of the molecule is CCC[P+](c1ccccc1)(c1ccccc1)c1ccccc1.[Rh]. The maximum absolute atomic E-state index is 2.31. The van der Waals surface area contributed by atoms with Crippen LogP contribution in [0, 0.1) is 0 Å². The Kier molecular flexibility index (Phi) is 6.70. The van der Waals surface area contributed by atoms with Crippen molar-refractivity contribution in [3.8, 4) is 0 Å². The summed E-state index contributed by atoms with van der Waals surface area (Å²) >= 11 is 0. The fourth-order valence-electron chi connectivity index (χ4n) is 3.22. The minimum atomic E-state index is -1.55. The molecule has 0 amide bonds. The first-order valence-corrected chi connectivity index (χ1v) is 9.90. The number of rotatable bonds is 5. The normalized spacial score (nSPS) is 10.8. The summed E-state index contributed by atoms with van der Waals surface area (Å²) in [6.07, 6.45) is 2.40. The quantitative estimate of drug-likeness (QED) is 0.434. The fraction of sp³-hybridized carbons (Fsp3) is 0.143. The van der Waals surface area contributed by atoms with Crippen molar-refractivity contribution in [2.75, 3.05) is 6.16 Å². The molecule has 0 aliphatic heterocycles. The molecule has 119 valence electrons. The van der Waals surface area contributed by atoms with Gasteiger partial charge in [-0.2, -0.15) is 0 Å². The average Bonchev–Trinajstić information content (AvgIpc) is 2.62. The van der Waals surface area contributed by atoms with Crippen molar-refractivity contribution < 1.29 is 19.5 Å². The Morgan fingerprint density at radius 3 is 1.13 bits per heavy atom. The molecule has 0 saturated carbocycles. The monoisotopic (exact) mass is 408 g/mol. The first-order valence-electron chi connectivity index (χ1n) is 7.93. The number of hydrogen-bond acceptors (Lipinski definition) is 0. The number of benzene rings is 3. The molecular formula is C21H22PRh+. The Morgan fingerprint density at radius 2 is 0.870 bits per heavy atom. The van der Waals surface area contributed by atoms with Gasteiger partial charge in [0, 0.05) is 19.5 Å². The fourth-order valence-corrected chi connectivity index (χ4v) is 7.60. The maximum Gasteiger partial charge on any atom is 0.112 e. The van der Waals surface area contributed by atoms with Gasteiger partial charge < -0.3 is 0 Å². The van der Waals surface area contributed by atoms with Crippen molar-refractivity contribution in [2.45, 2.75) is 13.3 Å². The first kappa shape index (κ1) is 18.1. The molecule has 0 bridgehead atoms. The summed E-state index contributed by atoms with van der Waals surface area (Å²) in [5, 5.41) is 4.44. The topological polar surface area (TPSA) is 0 Å². The molecule has 0 unspecified atom stereocenters. The summed E-state index contributed by atoms with van der Waals surface area (Å²) in [4.78, 5) is 0. The van der Waals surface area contributed by atoms with Gasteiger partial charge in [0.05, 0.1) is 6.16 Å². The summed E-state index contributed by atoms with van der Waals surface area (Å²) in [5.74, 6) is 0. The van der Waals surface area contributed by atoms with E-state index in [1.807, 2.05) is 0 Å². The molecule has 2 heteroatoms. The Morgan fingerprint density at radius 1 is 0.565 bits per heavy atom. The van der Waals surface area contributed by atoms with E-state index in [1.54, 1.807) is 0 Å². The molecule has 0 saturated heterocycles. The van der Waals surface area contributed by atoms with Crippen molar-refractivity contribution in [1.29, 1.82) is 0 Å². The summed E-state index contributed by atoms with van der Waals surface area (Å²) in [6.45, 7) is 2.30. The van der Waals surface area contributed by atoms with Crippen LogP contribution >= 0.6 is 7.26 Å². The van der Waals surface area contributed by atoms with Gasteiger partial charge in [-0.15, -0.1) is 0 Å². The minimum Gasteiger partial charge on any atom is -0.0620 e. The van der Waals surface area contributed by atoms with E-state index in [-0.39, 0.29) is 19.5 Å². The van der Waals surface area contributed by atoms with E-state index in [2.05, 4.69) is 97.9 Å². The molecule has 0 N–H and O–H groups in total. The van der Waals surface area contributed by atoms with E-state index >= 15 is 0 Å². The Labute approximate surface area is 153 Å². The summed E-state index contributed by atoms with van der Waals surface area (Å²) in [7, 11) is -1.55. The molecule has 0 fully saturated rings. The van der Waals surface area contributed by atoms with Gasteiger partial charge in [-0.25, -0.2) is 0 Å². The minimum absolute atomic E-state index is 0. The van der Waals surface area contributed by atoms with E-state index in [4.69, 9.17) is 0 Å². The summed E-state index contributed by atoms with van der Waals surface area (Å²) < 4.78 is 0. The van der Waals surface area contributed by atoms with E-state index < -0.39 is 7.26 Å². The van der Waals surface area contributed by atoms with E-state index in [1.165, 1.54) is 28.5 Å². The molecule has 0 aliphatic carbocycles. The number of hydrogen-bond donors (Lipinski definition) is 0. The molecule has 0 spiro atoms. The van der Waals surface area contributed by atoms with Crippen LogP contribution in [0.4, 0.5) is 0 Å². The van der Waals surface area contributed by atoms with Gasteiger partial charge in [0.25, 0.3) is 0 Å². The van der Waals surface area contributed by atoms with E-state index in [0.29, 0.717) is 0 Å². The molecule has 0 aromatic heterocycles. The molecule has 1 radical (unpaired) electrons. The van der Waals surface area contributed by atoms with Gasteiger partial charge in [-0.1, -0.05) is 61.5 Å². The predicted molar refractivity (Wildman–Crippen MR) is 100 cm³/mol. The maximum atomic E-state index is 2.31. The molecule has 0 aliphatic rings. The van der Waals surface area contributed by atoms with Crippen LogP contribution < -0.4 is 15.9 Å². The first-order chi connectivity index (χ1) is 10.9. The van der Waals surface area contributed by atoms with Gasteiger partial charge in [0.15, 0.2) is 0 Å². The van der Waals surface area contributed by atoms with Gasteiger partial charge in [0.2, 0.25) is 0 Å². The zero-order valence-corrected chi connectivity index (χ0v) is 15.9. The van der Waals surface area contributed by atoms with Crippen molar-refractivity contribution in [3.63, 3.8) is 0 Å². The molecule has 3 rings (SSSR count). The molecular weight excluding hydrogens is 386 g/mol.